The van der Waals surface area contributed by atoms with Gasteiger partial charge in [-0.2, -0.15) is 11.4 Å². The van der Waals surface area contributed by atoms with Crippen LogP contribution >= 0.6 is 11.4 Å². The second-order valence-corrected chi connectivity index (χ2v) is 10.6. The zero-order chi connectivity index (χ0) is 27.3. The van der Waals surface area contributed by atoms with Crippen molar-refractivity contribution in [1.29, 1.82) is 0 Å². The third-order valence-electron chi connectivity index (χ3n) is 5.31. The number of phenolic OH excluding ortho intramolecular Hbond substituents is 2. The highest BCUT2D eigenvalue weighted by atomic mass is 32.1. The van der Waals surface area contributed by atoms with Crippen molar-refractivity contribution in [3.05, 3.63) is 78.4 Å². The highest BCUT2D eigenvalue weighted by molar-refractivity contribution is 7.98. The van der Waals surface area contributed by atoms with Crippen LogP contribution in [0.15, 0.2) is 72.8 Å². The number of thiol groups is 1. The third-order valence-corrected chi connectivity index (χ3v) is 6.31. The average Bonchev–Trinajstić information content (AvgIpc) is 3.31. The predicted octanol–water partition coefficient (Wildman–Crippen LogP) is 5.04. The number of phenols is 2. The molecule has 0 saturated heterocycles. The van der Waals surface area contributed by atoms with E-state index in [2.05, 4.69) is 15.4 Å². The molecule has 0 bridgehead atoms. The van der Waals surface area contributed by atoms with E-state index >= 15 is 0 Å². The molecule has 0 spiro atoms. The van der Waals surface area contributed by atoms with Crippen molar-refractivity contribution in [2.75, 3.05) is 12.3 Å². The van der Waals surface area contributed by atoms with Gasteiger partial charge in [-0.1, -0.05) is 24.3 Å². The van der Waals surface area contributed by atoms with E-state index in [1.54, 1.807) is 98.2 Å². The lowest BCUT2D eigenvalue weighted by Crippen LogP contribution is -2.33. The first-order chi connectivity index (χ1) is 18.1. The molecular weight excluding hydrogens is 504 g/mol. The van der Waals surface area contributed by atoms with Crippen LogP contribution in [0.4, 0.5) is 4.79 Å². The Bertz CT molecular complexity index is 1460. The van der Waals surface area contributed by atoms with Gasteiger partial charge in [0, 0.05) is 17.9 Å². The number of benzene rings is 3. The maximum absolute atomic E-state index is 11.8. The molecule has 0 atom stereocenters. The molecule has 1 amide bonds. The maximum Gasteiger partial charge on any atom is 0.407 e. The molecule has 0 unspecified atom stereocenters. The summed E-state index contributed by atoms with van der Waals surface area (Å²) in [4.78, 5) is 16.4. The van der Waals surface area contributed by atoms with E-state index in [1.165, 1.54) is 0 Å². The number of aliphatic hydroxyl groups excluding tert-OH is 1. The van der Waals surface area contributed by atoms with Gasteiger partial charge in [0.25, 0.3) is 0 Å². The van der Waals surface area contributed by atoms with Gasteiger partial charge in [0.2, 0.25) is 0 Å². The number of hydrogen-bond acceptors (Lipinski definition) is 6. The number of aromatic nitrogens is 3. The monoisotopic (exact) mass is 534 g/mol. The second kappa shape index (κ2) is 11.5. The highest BCUT2D eigenvalue weighted by Crippen LogP contribution is 2.33. The first-order valence-corrected chi connectivity index (χ1v) is 13.1. The van der Waals surface area contributed by atoms with Crippen molar-refractivity contribution in [2.24, 2.45) is 0 Å². The van der Waals surface area contributed by atoms with Gasteiger partial charge in [-0.25, -0.2) is 14.5 Å². The van der Waals surface area contributed by atoms with Gasteiger partial charge in [0.05, 0.1) is 16.8 Å². The third kappa shape index (κ3) is 6.58. The number of nitrogens with zero attached hydrogens (tertiary/aromatic N) is 3. The highest BCUT2D eigenvalue weighted by Gasteiger charge is 2.19. The predicted molar refractivity (Wildman–Crippen MR) is 150 cm³/mol. The van der Waals surface area contributed by atoms with Crippen LogP contribution in [-0.4, -0.2) is 59.1 Å². The van der Waals surface area contributed by atoms with E-state index in [4.69, 9.17) is 4.74 Å². The minimum Gasteiger partial charge on any atom is -0.507 e. The fourth-order valence-electron chi connectivity index (χ4n) is 3.58. The Hall–Kier alpha value is -4.15. The molecule has 1 heterocycles. The summed E-state index contributed by atoms with van der Waals surface area (Å²) in [5, 5.41) is 38.8. The first-order valence-electron chi connectivity index (χ1n) is 12.0. The second-order valence-electron chi connectivity index (χ2n) is 9.39. The van der Waals surface area contributed by atoms with Gasteiger partial charge in [0.1, 0.15) is 22.2 Å². The van der Waals surface area contributed by atoms with E-state index in [9.17, 15) is 20.1 Å². The molecule has 0 saturated carbocycles. The maximum atomic E-state index is 11.8. The van der Waals surface area contributed by atoms with Crippen LogP contribution in [0.2, 0.25) is 0 Å². The minimum absolute atomic E-state index is 0.0449. The van der Waals surface area contributed by atoms with Crippen molar-refractivity contribution in [3.63, 3.8) is 0 Å². The zero-order valence-electron chi connectivity index (χ0n) is 21.3. The van der Waals surface area contributed by atoms with Crippen LogP contribution in [0.25, 0.3) is 28.5 Å². The molecule has 1 aromatic heterocycles. The van der Waals surface area contributed by atoms with Crippen LogP contribution < -0.4 is 5.32 Å². The summed E-state index contributed by atoms with van der Waals surface area (Å²) in [6.45, 7) is 5.75. The van der Waals surface area contributed by atoms with Crippen molar-refractivity contribution < 1.29 is 24.9 Å². The van der Waals surface area contributed by atoms with Crippen LogP contribution in [-0.2, 0) is 4.74 Å². The van der Waals surface area contributed by atoms with Crippen LogP contribution in [0.3, 0.4) is 0 Å². The van der Waals surface area contributed by atoms with E-state index < -0.39 is 11.7 Å². The molecule has 0 fully saturated rings. The van der Waals surface area contributed by atoms with E-state index in [-0.39, 0.29) is 16.5 Å². The summed E-state index contributed by atoms with van der Waals surface area (Å²) < 4.78 is 6.79. The van der Waals surface area contributed by atoms with Gasteiger partial charge in [-0.05, 0) is 69.3 Å². The molecule has 9 nitrogen and oxygen atoms in total. The number of amides is 1. The van der Waals surface area contributed by atoms with E-state index in [0.29, 0.717) is 57.7 Å². The standard InChI is InChI=1S/C28H30N4O5S/c1-28(2,3)37-27(36)29-16-17-38-26(35)18-12-14-19(15-13-18)32-25(21-9-5-7-11-23(21)34)30-24(31-32)20-8-4-6-10-22(20)33/h4-15,33-35,38H,16-17H2,1-3H3,(H,29,36). The Labute approximate surface area is 224 Å². The molecular formula is C28H30N4O5S. The molecule has 198 valence electrons. The van der Waals surface area contributed by atoms with E-state index in [0.717, 1.165) is 0 Å². The Kier molecular flexibility index (Phi) is 8.13. The number of aliphatic hydroxyl groups is 1. The number of hydrogen-bond donors (Lipinski definition) is 5. The molecule has 4 N–H and O–H groups in total. The lowest BCUT2D eigenvalue weighted by atomic mass is 10.1. The average molecular weight is 535 g/mol. The Morgan fingerprint density at radius 1 is 0.947 bits per heavy atom. The fraction of sp³-hybridized carbons (Fsp3) is 0.214. The number of alkyl carbamates (subject to hydrolysis) is 1. The van der Waals surface area contributed by atoms with Gasteiger partial charge in [-0.3, -0.25) is 0 Å². The molecule has 0 radical (unpaired) electrons. The van der Waals surface area contributed by atoms with Gasteiger partial charge in [-0.15, -0.1) is 5.10 Å². The summed E-state index contributed by atoms with van der Waals surface area (Å²) in [6, 6.07) is 20.7. The number of para-hydroxylation sites is 2. The molecule has 0 aliphatic carbocycles. The number of aromatic hydroxyl groups is 2. The van der Waals surface area contributed by atoms with Crippen LogP contribution in [0, 0.1) is 0 Å². The summed E-state index contributed by atoms with van der Waals surface area (Å²) in [5.41, 5.74) is 1.65. The normalized spacial score (nSPS) is 12.1. The summed E-state index contributed by atoms with van der Waals surface area (Å²) in [6.07, 6.45) is -0.493. The Morgan fingerprint density at radius 2 is 1.55 bits per heavy atom. The SMILES string of the molecule is CC(C)(C)OC(=O)NCC[SH]=C(O)c1ccc(-n2nc(-c3ccccc3O)nc2-c2ccccc2O)cc1. The van der Waals surface area contributed by atoms with Crippen molar-refractivity contribution >= 4 is 22.5 Å². The van der Waals surface area contributed by atoms with E-state index in [1.807, 2.05) is 0 Å². The Morgan fingerprint density at radius 3 is 2.16 bits per heavy atom. The first kappa shape index (κ1) is 26.9. The van der Waals surface area contributed by atoms with Gasteiger partial charge in [0.15, 0.2) is 11.6 Å². The zero-order valence-corrected chi connectivity index (χ0v) is 22.2. The number of nitrogens with one attached hydrogen (secondary N) is 1. The van der Waals surface area contributed by atoms with Crippen molar-refractivity contribution in [1.82, 2.24) is 20.1 Å². The molecule has 10 heteroatoms. The molecule has 38 heavy (non-hydrogen) atoms. The van der Waals surface area contributed by atoms with Crippen molar-refractivity contribution in [2.45, 2.75) is 26.4 Å². The summed E-state index contributed by atoms with van der Waals surface area (Å²) >= 11 is 0.650. The number of ether oxygens (including phenoxy) is 1. The molecule has 4 rings (SSSR count). The molecule has 0 aliphatic rings. The van der Waals surface area contributed by atoms with Gasteiger partial charge < -0.3 is 25.4 Å². The fourth-order valence-corrected chi connectivity index (χ4v) is 4.35. The van der Waals surface area contributed by atoms with Gasteiger partial charge >= 0.3 is 6.09 Å². The quantitative estimate of drug-likeness (QED) is 0.128. The Balaban J connectivity index is 1.57. The topological polar surface area (TPSA) is 130 Å². The van der Waals surface area contributed by atoms with Crippen LogP contribution in [0.1, 0.15) is 26.3 Å². The minimum atomic E-state index is -0.566. The van der Waals surface area contributed by atoms with Crippen molar-refractivity contribution in [3.8, 4) is 40.0 Å². The lowest BCUT2D eigenvalue weighted by Gasteiger charge is -2.19. The number of carbonyl (C=O) groups excluding carboxylic acids is 1. The summed E-state index contributed by atoms with van der Waals surface area (Å²) in [7, 11) is 0. The summed E-state index contributed by atoms with van der Waals surface area (Å²) in [5.74, 6) is 1.30. The molecule has 0 aliphatic heterocycles. The number of carbonyl (C=O) groups is 1. The molecule has 4 aromatic rings. The number of rotatable bonds is 7. The van der Waals surface area contributed by atoms with Crippen LogP contribution in [0.5, 0.6) is 11.5 Å². The smallest absolute Gasteiger partial charge is 0.407 e. The lowest BCUT2D eigenvalue weighted by molar-refractivity contribution is 0.0531. The largest absolute Gasteiger partial charge is 0.507 e. The molecule has 3 aromatic carbocycles.